The average molecular weight is 211 g/mol. The second kappa shape index (κ2) is 3.10. The van der Waals surface area contributed by atoms with Crippen LogP contribution in [-0.4, -0.2) is 4.98 Å². The first-order valence-electron chi connectivity index (χ1n) is 4.10. The Morgan fingerprint density at radius 2 is 2.07 bits per heavy atom. The average Bonchev–Trinajstić information content (AvgIpc) is 2.07. The number of pyridine rings is 1. The summed E-state index contributed by atoms with van der Waals surface area (Å²) >= 11 is 5.71. The van der Waals surface area contributed by atoms with Gasteiger partial charge in [-0.05, 0) is 25.1 Å². The summed E-state index contributed by atoms with van der Waals surface area (Å²) in [6.07, 6.45) is 0. The molecule has 2 rings (SSSR count). The third kappa shape index (κ3) is 1.40. The number of nitrogens with zero attached hydrogens (tertiary/aromatic N) is 1. The number of anilines is 1. The molecule has 0 aliphatic rings. The first kappa shape index (κ1) is 9.21. The normalized spacial score (nSPS) is 10.8. The second-order valence-corrected chi connectivity index (χ2v) is 3.57. The molecule has 0 saturated carbocycles. The highest BCUT2D eigenvalue weighted by molar-refractivity contribution is 6.31. The lowest BCUT2D eigenvalue weighted by Crippen LogP contribution is -1.94. The molecule has 14 heavy (non-hydrogen) atoms. The Labute approximate surface area is 85.5 Å². The minimum Gasteiger partial charge on any atom is -0.398 e. The maximum absolute atomic E-state index is 13.4. The topological polar surface area (TPSA) is 38.9 Å². The van der Waals surface area contributed by atoms with Crippen LogP contribution in [0, 0.1) is 12.7 Å². The van der Waals surface area contributed by atoms with E-state index in [1.54, 1.807) is 19.1 Å². The Kier molecular flexibility index (Phi) is 2.04. The number of hydrogen-bond donors (Lipinski definition) is 1. The standard InChI is InChI=1S/C10H8ClFN2/c1-5-2-9(13)7-3-6(11)4-8(12)10(7)14-5/h2-4H,1H3,(H2,13,14). The Morgan fingerprint density at radius 1 is 1.36 bits per heavy atom. The van der Waals surface area contributed by atoms with Crippen molar-refractivity contribution < 1.29 is 4.39 Å². The van der Waals surface area contributed by atoms with Gasteiger partial charge in [-0.3, -0.25) is 0 Å². The van der Waals surface area contributed by atoms with Crippen molar-refractivity contribution in [1.82, 2.24) is 4.98 Å². The summed E-state index contributed by atoms with van der Waals surface area (Å²) in [5.74, 6) is -0.442. The molecule has 0 radical (unpaired) electrons. The first-order valence-corrected chi connectivity index (χ1v) is 4.47. The lowest BCUT2D eigenvalue weighted by molar-refractivity contribution is 0.636. The van der Waals surface area contributed by atoms with Crippen molar-refractivity contribution in [1.29, 1.82) is 0 Å². The molecular formula is C10H8ClFN2. The van der Waals surface area contributed by atoms with E-state index in [-0.39, 0.29) is 5.52 Å². The maximum Gasteiger partial charge on any atom is 0.150 e. The lowest BCUT2D eigenvalue weighted by Gasteiger charge is -2.04. The summed E-state index contributed by atoms with van der Waals surface area (Å²) in [5, 5.41) is 0.882. The van der Waals surface area contributed by atoms with Crippen LogP contribution in [0.1, 0.15) is 5.69 Å². The van der Waals surface area contributed by atoms with Gasteiger partial charge >= 0.3 is 0 Å². The van der Waals surface area contributed by atoms with Crippen molar-refractivity contribution in [3.8, 4) is 0 Å². The van der Waals surface area contributed by atoms with Gasteiger partial charge in [0, 0.05) is 21.8 Å². The van der Waals surface area contributed by atoms with Crippen molar-refractivity contribution in [3.63, 3.8) is 0 Å². The molecule has 0 aliphatic heterocycles. The van der Waals surface area contributed by atoms with Gasteiger partial charge in [0.05, 0.1) is 0 Å². The predicted molar refractivity (Wildman–Crippen MR) is 55.9 cm³/mol. The molecule has 0 bridgehead atoms. The van der Waals surface area contributed by atoms with E-state index in [1.165, 1.54) is 6.07 Å². The molecule has 0 amide bonds. The Hall–Kier alpha value is -1.35. The number of aromatic nitrogens is 1. The van der Waals surface area contributed by atoms with E-state index >= 15 is 0 Å². The second-order valence-electron chi connectivity index (χ2n) is 3.14. The Bertz CT molecular complexity index is 464. The van der Waals surface area contributed by atoms with E-state index < -0.39 is 5.82 Å². The molecule has 1 heterocycles. The fourth-order valence-electron chi connectivity index (χ4n) is 1.41. The molecule has 2 N–H and O–H groups in total. The van der Waals surface area contributed by atoms with Crippen LogP contribution in [0.25, 0.3) is 10.9 Å². The molecule has 0 fully saturated rings. The zero-order valence-corrected chi connectivity index (χ0v) is 8.27. The summed E-state index contributed by atoms with van der Waals surface area (Å²) in [7, 11) is 0. The summed E-state index contributed by atoms with van der Waals surface area (Å²) in [5.41, 5.74) is 7.19. The van der Waals surface area contributed by atoms with Crippen LogP contribution in [0.5, 0.6) is 0 Å². The zero-order chi connectivity index (χ0) is 10.3. The quantitative estimate of drug-likeness (QED) is 0.726. The fourth-order valence-corrected chi connectivity index (χ4v) is 1.62. The number of halogens is 2. The van der Waals surface area contributed by atoms with Crippen LogP contribution in [0.2, 0.25) is 5.02 Å². The number of hydrogen-bond acceptors (Lipinski definition) is 2. The van der Waals surface area contributed by atoms with Gasteiger partial charge in [-0.25, -0.2) is 9.37 Å². The van der Waals surface area contributed by atoms with Crippen molar-refractivity contribution >= 4 is 28.2 Å². The van der Waals surface area contributed by atoms with Crippen molar-refractivity contribution in [2.45, 2.75) is 6.92 Å². The summed E-state index contributed by atoms with van der Waals surface area (Å²) in [6, 6.07) is 4.54. The maximum atomic E-state index is 13.4. The van der Waals surface area contributed by atoms with Crippen LogP contribution < -0.4 is 5.73 Å². The van der Waals surface area contributed by atoms with Gasteiger partial charge in [-0.1, -0.05) is 11.6 Å². The minimum absolute atomic E-state index is 0.270. The Morgan fingerprint density at radius 3 is 2.79 bits per heavy atom. The van der Waals surface area contributed by atoms with E-state index in [1.807, 2.05) is 0 Å². The van der Waals surface area contributed by atoms with E-state index in [9.17, 15) is 4.39 Å². The fraction of sp³-hybridized carbons (Fsp3) is 0.100. The van der Waals surface area contributed by atoms with Gasteiger partial charge in [0.25, 0.3) is 0 Å². The number of nitrogen functional groups attached to an aromatic ring is 1. The van der Waals surface area contributed by atoms with E-state index in [2.05, 4.69) is 4.98 Å². The smallest absolute Gasteiger partial charge is 0.150 e. The summed E-state index contributed by atoms with van der Waals surface area (Å²) in [6.45, 7) is 1.77. The highest BCUT2D eigenvalue weighted by atomic mass is 35.5. The van der Waals surface area contributed by atoms with E-state index in [4.69, 9.17) is 17.3 Å². The highest BCUT2D eigenvalue weighted by Crippen LogP contribution is 2.26. The molecule has 72 valence electrons. The zero-order valence-electron chi connectivity index (χ0n) is 7.51. The molecule has 4 heteroatoms. The Balaban J connectivity index is 2.94. The summed E-state index contributed by atoms with van der Waals surface area (Å²) < 4.78 is 13.4. The number of rotatable bonds is 0. The van der Waals surface area contributed by atoms with Crippen molar-refractivity contribution in [2.75, 3.05) is 5.73 Å². The molecule has 0 saturated heterocycles. The predicted octanol–water partition coefficient (Wildman–Crippen LogP) is 2.92. The molecular weight excluding hydrogens is 203 g/mol. The van der Waals surface area contributed by atoms with Crippen molar-refractivity contribution in [2.24, 2.45) is 0 Å². The molecule has 1 aromatic carbocycles. The van der Waals surface area contributed by atoms with Crippen LogP contribution in [0.3, 0.4) is 0 Å². The van der Waals surface area contributed by atoms with Gasteiger partial charge in [0.1, 0.15) is 5.52 Å². The molecule has 0 unspecified atom stereocenters. The molecule has 0 atom stereocenters. The molecule has 0 aliphatic carbocycles. The third-order valence-corrected chi connectivity index (χ3v) is 2.21. The SMILES string of the molecule is Cc1cc(N)c2cc(Cl)cc(F)c2n1. The van der Waals surface area contributed by atoms with Gasteiger partial charge in [0.15, 0.2) is 5.82 Å². The molecule has 1 aromatic heterocycles. The van der Waals surface area contributed by atoms with E-state index in [0.29, 0.717) is 21.8 Å². The van der Waals surface area contributed by atoms with Crippen LogP contribution >= 0.6 is 11.6 Å². The highest BCUT2D eigenvalue weighted by Gasteiger charge is 2.07. The number of fused-ring (bicyclic) bond motifs is 1. The van der Waals surface area contributed by atoms with Crippen LogP contribution in [0.4, 0.5) is 10.1 Å². The van der Waals surface area contributed by atoms with Crippen LogP contribution in [-0.2, 0) is 0 Å². The lowest BCUT2D eigenvalue weighted by atomic mass is 10.1. The third-order valence-electron chi connectivity index (χ3n) is 1.99. The molecule has 2 nitrogen and oxygen atoms in total. The molecule has 2 aromatic rings. The largest absolute Gasteiger partial charge is 0.398 e. The summed E-state index contributed by atoms with van der Waals surface area (Å²) in [4.78, 5) is 4.06. The number of nitrogens with two attached hydrogens (primary N) is 1. The monoisotopic (exact) mass is 210 g/mol. The van der Waals surface area contributed by atoms with Gasteiger partial charge in [0.2, 0.25) is 0 Å². The van der Waals surface area contributed by atoms with Crippen LogP contribution in [0.15, 0.2) is 18.2 Å². The minimum atomic E-state index is -0.442. The van der Waals surface area contributed by atoms with Gasteiger partial charge in [-0.15, -0.1) is 0 Å². The molecule has 0 spiro atoms. The van der Waals surface area contributed by atoms with Gasteiger partial charge in [-0.2, -0.15) is 0 Å². The number of aryl methyl sites for hydroxylation is 1. The van der Waals surface area contributed by atoms with Gasteiger partial charge < -0.3 is 5.73 Å². The van der Waals surface area contributed by atoms with Crippen molar-refractivity contribution in [3.05, 3.63) is 34.7 Å². The first-order chi connectivity index (χ1) is 6.58. The number of benzene rings is 1. The van der Waals surface area contributed by atoms with E-state index in [0.717, 1.165) is 0 Å².